The monoisotopic (exact) mass is 221 g/mol. The van der Waals surface area contributed by atoms with E-state index in [2.05, 4.69) is 24.2 Å². The number of hydrogen-bond donors (Lipinski definition) is 1. The number of hydrogen-bond acceptors (Lipinski definition) is 4. The Hall–Kier alpha value is -0.870. The Morgan fingerprint density at radius 3 is 2.75 bits per heavy atom. The van der Waals surface area contributed by atoms with Gasteiger partial charge in [-0.25, -0.2) is 4.98 Å². The zero-order valence-corrected chi connectivity index (χ0v) is 9.99. The van der Waals surface area contributed by atoms with Crippen LogP contribution in [0.4, 0.5) is 0 Å². The maximum atomic E-state index is 5.80. The van der Waals surface area contributed by atoms with Gasteiger partial charge in [-0.05, 0) is 26.9 Å². The molecular formula is C12H19N3O. The SMILES string of the molecule is Cc1oc(C2CNC2)nc1C1CCN(C)C1. The van der Waals surface area contributed by atoms with Crippen LogP contribution in [0, 0.1) is 6.92 Å². The van der Waals surface area contributed by atoms with Gasteiger partial charge in [-0.1, -0.05) is 0 Å². The summed E-state index contributed by atoms with van der Waals surface area (Å²) in [4.78, 5) is 7.08. The Morgan fingerprint density at radius 1 is 1.38 bits per heavy atom. The van der Waals surface area contributed by atoms with Crippen LogP contribution in [0.15, 0.2) is 4.42 Å². The largest absolute Gasteiger partial charge is 0.445 e. The van der Waals surface area contributed by atoms with Gasteiger partial charge < -0.3 is 14.6 Å². The van der Waals surface area contributed by atoms with Crippen molar-refractivity contribution in [2.45, 2.75) is 25.2 Å². The second-order valence-electron chi connectivity index (χ2n) is 5.10. The fraction of sp³-hybridized carbons (Fsp3) is 0.750. The van der Waals surface area contributed by atoms with E-state index < -0.39 is 0 Å². The highest BCUT2D eigenvalue weighted by molar-refractivity contribution is 5.18. The predicted octanol–water partition coefficient (Wildman–Crippen LogP) is 1.09. The summed E-state index contributed by atoms with van der Waals surface area (Å²) in [5, 5.41) is 3.26. The van der Waals surface area contributed by atoms with Crippen molar-refractivity contribution in [1.29, 1.82) is 0 Å². The average Bonchev–Trinajstić information content (AvgIpc) is 2.70. The van der Waals surface area contributed by atoms with Crippen molar-refractivity contribution in [3.63, 3.8) is 0 Å². The fourth-order valence-corrected chi connectivity index (χ4v) is 2.60. The highest BCUT2D eigenvalue weighted by atomic mass is 16.4. The van der Waals surface area contributed by atoms with E-state index in [9.17, 15) is 0 Å². The Labute approximate surface area is 96.0 Å². The van der Waals surface area contributed by atoms with Crippen LogP contribution < -0.4 is 5.32 Å². The highest BCUT2D eigenvalue weighted by Crippen LogP contribution is 2.30. The van der Waals surface area contributed by atoms with E-state index in [0.717, 1.165) is 31.3 Å². The van der Waals surface area contributed by atoms with Gasteiger partial charge >= 0.3 is 0 Å². The molecule has 0 amide bonds. The molecule has 16 heavy (non-hydrogen) atoms. The molecule has 0 bridgehead atoms. The molecule has 3 heterocycles. The standard InChI is InChI=1S/C12H19N3O/c1-8-11(9-3-4-15(2)7-9)14-12(16-8)10-5-13-6-10/h9-10,13H,3-7H2,1-2H3. The fourth-order valence-electron chi connectivity index (χ4n) is 2.60. The first-order valence-electron chi connectivity index (χ1n) is 6.10. The lowest BCUT2D eigenvalue weighted by Crippen LogP contribution is -2.40. The lowest BCUT2D eigenvalue weighted by atomic mass is 10.0. The quantitative estimate of drug-likeness (QED) is 0.811. The van der Waals surface area contributed by atoms with E-state index in [-0.39, 0.29) is 0 Å². The van der Waals surface area contributed by atoms with Crippen LogP contribution in [0.2, 0.25) is 0 Å². The highest BCUT2D eigenvalue weighted by Gasteiger charge is 2.30. The molecule has 2 saturated heterocycles. The van der Waals surface area contributed by atoms with Gasteiger partial charge in [0, 0.05) is 25.6 Å². The molecule has 1 aromatic heterocycles. The van der Waals surface area contributed by atoms with Crippen LogP contribution in [0.3, 0.4) is 0 Å². The second-order valence-corrected chi connectivity index (χ2v) is 5.10. The molecule has 3 rings (SSSR count). The van der Waals surface area contributed by atoms with Gasteiger partial charge in [-0.2, -0.15) is 0 Å². The lowest BCUT2D eigenvalue weighted by Gasteiger charge is -2.23. The van der Waals surface area contributed by atoms with Gasteiger partial charge in [0.25, 0.3) is 0 Å². The summed E-state index contributed by atoms with van der Waals surface area (Å²) in [5.41, 5.74) is 1.20. The predicted molar refractivity (Wildman–Crippen MR) is 61.7 cm³/mol. The van der Waals surface area contributed by atoms with Crippen LogP contribution in [-0.2, 0) is 0 Å². The van der Waals surface area contributed by atoms with E-state index in [4.69, 9.17) is 9.40 Å². The van der Waals surface area contributed by atoms with Gasteiger partial charge in [0.05, 0.1) is 11.6 Å². The lowest BCUT2D eigenvalue weighted by molar-refractivity contribution is 0.350. The summed E-state index contributed by atoms with van der Waals surface area (Å²) in [6.07, 6.45) is 1.21. The first-order chi connectivity index (χ1) is 7.74. The first kappa shape index (κ1) is 10.3. The van der Waals surface area contributed by atoms with E-state index in [1.54, 1.807) is 0 Å². The van der Waals surface area contributed by atoms with Gasteiger partial charge in [0.15, 0.2) is 5.89 Å². The molecule has 1 unspecified atom stereocenters. The third kappa shape index (κ3) is 1.66. The molecule has 0 saturated carbocycles. The van der Waals surface area contributed by atoms with Crippen molar-refractivity contribution in [2.24, 2.45) is 0 Å². The zero-order valence-electron chi connectivity index (χ0n) is 9.99. The van der Waals surface area contributed by atoms with Crippen molar-refractivity contribution in [1.82, 2.24) is 15.2 Å². The number of rotatable bonds is 2. The maximum Gasteiger partial charge on any atom is 0.200 e. The normalized spacial score (nSPS) is 27.2. The molecule has 2 aliphatic heterocycles. The van der Waals surface area contributed by atoms with Gasteiger partial charge in [0.2, 0.25) is 0 Å². The molecule has 2 fully saturated rings. The number of nitrogens with zero attached hydrogens (tertiary/aromatic N) is 2. The van der Waals surface area contributed by atoms with Crippen LogP contribution in [0.25, 0.3) is 0 Å². The maximum absolute atomic E-state index is 5.80. The van der Waals surface area contributed by atoms with Crippen LogP contribution in [0.1, 0.15) is 35.6 Å². The summed E-state index contributed by atoms with van der Waals surface area (Å²) in [6.45, 7) is 6.39. The number of nitrogens with one attached hydrogen (secondary N) is 1. The molecule has 0 radical (unpaired) electrons. The summed E-state index contributed by atoms with van der Waals surface area (Å²) in [7, 11) is 2.17. The molecule has 0 spiro atoms. The van der Waals surface area contributed by atoms with E-state index in [1.807, 2.05) is 0 Å². The second kappa shape index (κ2) is 3.86. The Morgan fingerprint density at radius 2 is 2.19 bits per heavy atom. The molecule has 88 valence electrons. The minimum Gasteiger partial charge on any atom is -0.445 e. The first-order valence-corrected chi connectivity index (χ1v) is 6.10. The molecule has 4 heteroatoms. The molecule has 0 aliphatic carbocycles. The molecule has 1 N–H and O–H groups in total. The number of aromatic nitrogens is 1. The Balaban J connectivity index is 1.81. The molecule has 2 aliphatic rings. The smallest absolute Gasteiger partial charge is 0.200 e. The van der Waals surface area contributed by atoms with Crippen LogP contribution in [0.5, 0.6) is 0 Å². The number of likely N-dealkylation sites (tertiary alicyclic amines) is 1. The van der Waals surface area contributed by atoms with Crippen molar-refractivity contribution >= 4 is 0 Å². The van der Waals surface area contributed by atoms with Crippen LogP contribution in [-0.4, -0.2) is 43.1 Å². The summed E-state index contributed by atoms with van der Waals surface area (Å²) >= 11 is 0. The van der Waals surface area contributed by atoms with E-state index >= 15 is 0 Å². The minimum absolute atomic E-state index is 0.506. The van der Waals surface area contributed by atoms with Gasteiger partial charge in [-0.3, -0.25) is 0 Å². The van der Waals surface area contributed by atoms with Gasteiger partial charge in [-0.15, -0.1) is 0 Å². The Bertz CT molecular complexity index is 384. The molecule has 0 aromatic carbocycles. The topological polar surface area (TPSA) is 41.3 Å². The Kier molecular flexibility index (Phi) is 2.48. The summed E-state index contributed by atoms with van der Waals surface area (Å²) < 4.78 is 5.80. The molecule has 4 nitrogen and oxygen atoms in total. The van der Waals surface area contributed by atoms with Crippen molar-refractivity contribution in [3.05, 3.63) is 17.3 Å². The van der Waals surface area contributed by atoms with Crippen molar-refractivity contribution < 1.29 is 4.42 Å². The third-order valence-electron chi connectivity index (χ3n) is 3.76. The van der Waals surface area contributed by atoms with E-state index in [1.165, 1.54) is 18.7 Å². The summed E-state index contributed by atoms with van der Waals surface area (Å²) in [5.74, 6) is 3.06. The molecule has 1 aromatic rings. The molecule has 1 atom stereocenters. The van der Waals surface area contributed by atoms with Gasteiger partial charge in [0.1, 0.15) is 5.76 Å². The molecular weight excluding hydrogens is 202 g/mol. The zero-order chi connectivity index (χ0) is 11.1. The van der Waals surface area contributed by atoms with Crippen LogP contribution >= 0.6 is 0 Å². The third-order valence-corrected chi connectivity index (χ3v) is 3.76. The minimum atomic E-state index is 0.506. The number of aryl methyl sites for hydroxylation is 1. The number of likely N-dealkylation sites (N-methyl/N-ethyl adjacent to an activating group) is 1. The van der Waals surface area contributed by atoms with Crippen molar-refractivity contribution in [2.75, 3.05) is 33.2 Å². The average molecular weight is 221 g/mol. The number of oxazole rings is 1. The van der Waals surface area contributed by atoms with E-state index in [0.29, 0.717) is 11.8 Å². The summed E-state index contributed by atoms with van der Waals surface area (Å²) in [6, 6.07) is 0. The van der Waals surface area contributed by atoms with Crippen molar-refractivity contribution in [3.8, 4) is 0 Å².